The van der Waals surface area contributed by atoms with Crippen LogP contribution >= 0.6 is 0 Å². The second-order valence-electron chi connectivity index (χ2n) is 8.19. The van der Waals surface area contributed by atoms with Gasteiger partial charge < -0.3 is 9.32 Å². The minimum absolute atomic E-state index is 0.0845. The largest absolute Gasteiger partial charge is 0.426 e. The van der Waals surface area contributed by atoms with E-state index >= 15 is 0 Å². The Morgan fingerprint density at radius 2 is 1.97 bits per heavy atom. The minimum Gasteiger partial charge on any atom is -0.426 e. The lowest BCUT2D eigenvalue weighted by molar-refractivity contribution is -0.127. The number of benzene rings is 1. The number of tetrazole rings is 1. The summed E-state index contributed by atoms with van der Waals surface area (Å²) < 4.78 is 19.7. The number of piperidine rings is 1. The molecule has 0 unspecified atom stereocenters. The van der Waals surface area contributed by atoms with Crippen LogP contribution in [0, 0.1) is 32.5 Å². The molecule has 0 saturated carbocycles. The Morgan fingerprint density at radius 1 is 1.19 bits per heavy atom. The Labute approximate surface area is 185 Å². The van der Waals surface area contributed by atoms with Gasteiger partial charge in [0.15, 0.2) is 5.82 Å². The molecule has 0 radical (unpaired) electrons. The molecule has 1 aliphatic heterocycles. The standard InChI is InChI=1S/C22H26FN7O2/c1-14-10-19(13-30-27-15(2)24-28-30)18(12-20(14)23)4-5-22(31)29-8-6-17(7-9-29)11-21-26-25-16(3)32-21/h4-5,10,12,17H,6-9,11,13H2,1-3H3/b5-4+. The third-order valence-corrected chi connectivity index (χ3v) is 5.65. The number of carbonyl (C=O) groups excluding carboxylic acids is 1. The fourth-order valence-electron chi connectivity index (χ4n) is 3.88. The summed E-state index contributed by atoms with van der Waals surface area (Å²) >= 11 is 0. The van der Waals surface area contributed by atoms with Gasteiger partial charge in [0.2, 0.25) is 17.7 Å². The summed E-state index contributed by atoms with van der Waals surface area (Å²) in [5.41, 5.74) is 1.97. The summed E-state index contributed by atoms with van der Waals surface area (Å²) in [5, 5.41) is 20.0. The molecule has 0 aliphatic carbocycles. The molecule has 2 aromatic heterocycles. The van der Waals surface area contributed by atoms with E-state index in [0.717, 1.165) is 24.8 Å². The van der Waals surface area contributed by atoms with E-state index in [1.54, 1.807) is 32.9 Å². The number of amides is 1. The SMILES string of the molecule is Cc1nnn(Cc2cc(C)c(F)cc2/C=C/C(=O)N2CCC(Cc3nnc(C)o3)CC2)n1. The first-order valence-electron chi connectivity index (χ1n) is 10.7. The molecule has 3 aromatic rings. The van der Waals surface area contributed by atoms with Crippen molar-refractivity contribution in [2.45, 2.75) is 46.6 Å². The molecule has 0 N–H and O–H groups in total. The van der Waals surface area contributed by atoms with Crippen LogP contribution in [0.4, 0.5) is 4.39 Å². The number of hydrogen-bond donors (Lipinski definition) is 0. The number of carbonyl (C=O) groups is 1. The first-order valence-corrected chi connectivity index (χ1v) is 10.7. The second-order valence-corrected chi connectivity index (χ2v) is 8.19. The molecule has 1 aliphatic rings. The van der Waals surface area contributed by atoms with Crippen molar-refractivity contribution in [3.63, 3.8) is 0 Å². The molecule has 1 aromatic carbocycles. The molecular weight excluding hydrogens is 413 g/mol. The predicted molar refractivity (Wildman–Crippen MR) is 114 cm³/mol. The van der Waals surface area contributed by atoms with Crippen molar-refractivity contribution >= 4 is 12.0 Å². The van der Waals surface area contributed by atoms with Gasteiger partial charge in [-0.05, 0) is 66.7 Å². The van der Waals surface area contributed by atoms with Crippen LogP contribution in [0.25, 0.3) is 6.08 Å². The summed E-state index contributed by atoms with van der Waals surface area (Å²) in [6, 6.07) is 3.19. The van der Waals surface area contributed by atoms with Crippen LogP contribution < -0.4 is 0 Å². The van der Waals surface area contributed by atoms with Crippen molar-refractivity contribution in [3.05, 3.63) is 58.3 Å². The van der Waals surface area contributed by atoms with E-state index in [4.69, 9.17) is 4.42 Å². The molecule has 0 atom stereocenters. The summed E-state index contributed by atoms with van der Waals surface area (Å²) in [4.78, 5) is 16.0. The van der Waals surface area contributed by atoms with E-state index in [2.05, 4.69) is 25.6 Å². The van der Waals surface area contributed by atoms with Gasteiger partial charge in [-0.25, -0.2) is 4.39 Å². The number of likely N-dealkylation sites (tertiary alicyclic amines) is 1. The third kappa shape index (κ3) is 5.24. The van der Waals surface area contributed by atoms with Crippen molar-refractivity contribution in [2.75, 3.05) is 13.1 Å². The summed E-state index contributed by atoms with van der Waals surface area (Å²) in [6.07, 6.45) is 5.67. The zero-order valence-electron chi connectivity index (χ0n) is 18.5. The first-order chi connectivity index (χ1) is 15.4. The minimum atomic E-state index is -0.319. The molecule has 9 nitrogen and oxygen atoms in total. The molecule has 0 spiro atoms. The Bertz CT molecular complexity index is 1130. The van der Waals surface area contributed by atoms with Gasteiger partial charge in [-0.3, -0.25) is 4.79 Å². The smallest absolute Gasteiger partial charge is 0.246 e. The first kappa shape index (κ1) is 21.8. The number of rotatable bonds is 6. The number of aromatic nitrogens is 6. The van der Waals surface area contributed by atoms with Crippen molar-refractivity contribution in [1.82, 2.24) is 35.3 Å². The van der Waals surface area contributed by atoms with Crippen molar-refractivity contribution in [3.8, 4) is 0 Å². The van der Waals surface area contributed by atoms with E-state index in [9.17, 15) is 9.18 Å². The highest BCUT2D eigenvalue weighted by Gasteiger charge is 2.23. The van der Waals surface area contributed by atoms with E-state index in [-0.39, 0.29) is 11.7 Å². The van der Waals surface area contributed by atoms with E-state index in [1.165, 1.54) is 16.9 Å². The zero-order valence-corrected chi connectivity index (χ0v) is 18.5. The Hall–Kier alpha value is -3.43. The van der Waals surface area contributed by atoms with Crippen LogP contribution in [-0.2, 0) is 17.8 Å². The van der Waals surface area contributed by atoms with Gasteiger partial charge in [0.05, 0.1) is 6.54 Å². The lowest BCUT2D eigenvalue weighted by atomic mass is 9.93. The van der Waals surface area contributed by atoms with Gasteiger partial charge in [0.1, 0.15) is 5.82 Å². The number of hydrogen-bond acceptors (Lipinski definition) is 7. The van der Waals surface area contributed by atoms with Crippen LogP contribution in [0.3, 0.4) is 0 Å². The molecular formula is C22H26FN7O2. The van der Waals surface area contributed by atoms with E-state index in [1.807, 2.05) is 4.90 Å². The Balaban J connectivity index is 1.39. The molecule has 3 heterocycles. The van der Waals surface area contributed by atoms with Crippen molar-refractivity contribution in [1.29, 1.82) is 0 Å². The Morgan fingerprint density at radius 3 is 2.62 bits per heavy atom. The van der Waals surface area contributed by atoms with E-state index in [0.29, 0.717) is 54.3 Å². The van der Waals surface area contributed by atoms with Crippen LogP contribution in [0.15, 0.2) is 22.6 Å². The monoisotopic (exact) mass is 439 g/mol. The van der Waals surface area contributed by atoms with Crippen LogP contribution in [0.2, 0.25) is 0 Å². The van der Waals surface area contributed by atoms with Crippen molar-refractivity contribution < 1.29 is 13.6 Å². The molecule has 10 heteroatoms. The number of nitrogens with zero attached hydrogens (tertiary/aromatic N) is 7. The fraction of sp³-hybridized carbons (Fsp3) is 0.455. The number of halogens is 1. The fourth-order valence-corrected chi connectivity index (χ4v) is 3.88. The normalized spacial score (nSPS) is 15.1. The predicted octanol–water partition coefficient (Wildman–Crippen LogP) is 2.66. The third-order valence-electron chi connectivity index (χ3n) is 5.65. The highest BCUT2D eigenvalue weighted by atomic mass is 19.1. The summed E-state index contributed by atoms with van der Waals surface area (Å²) in [7, 11) is 0. The maximum Gasteiger partial charge on any atom is 0.246 e. The van der Waals surface area contributed by atoms with Crippen molar-refractivity contribution in [2.24, 2.45) is 5.92 Å². The molecule has 4 rings (SSSR count). The molecule has 168 valence electrons. The Kier molecular flexibility index (Phi) is 6.38. The van der Waals surface area contributed by atoms with Gasteiger partial charge in [-0.15, -0.1) is 20.4 Å². The second kappa shape index (κ2) is 9.37. The molecule has 1 fully saturated rings. The zero-order chi connectivity index (χ0) is 22.7. The van der Waals surface area contributed by atoms with Crippen LogP contribution in [0.5, 0.6) is 0 Å². The molecule has 1 amide bonds. The van der Waals surface area contributed by atoms with Gasteiger partial charge in [-0.1, -0.05) is 6.07 Å². The summed E-state index contributed by atoms with van der Waals surface area (Å²) in [6.45, 7) is 6.91. The topological polar surface area (TPSA) is 103 Å². The maximum absolute atomic E-state index is 14.2. The van der Waals surface area contributed by atoms with Crippen LogP contribution in [-0.4, -0.2) is 54.3 Å². The van der Waals surface area contributed by atoms with Gasteiger partial charge in [0.25, 0.3) is 0 Å². The lowest BCUT2D eigenvalue weighted by Crippen LogP contribution is -2.38. The van der Waals surface area contributed by atoms with Gasteiger partial charge in [0, 0.05) is 32.5 Å². The quantitative estimate of drug-likeness (QED) is 0.544. The van der Waals surface area contributed by atoms with E-state index < -0.39 is 0 Å². The van der Waals surface area contributed by atoms with Crippen LogP contribution in [0.1, 0.15) is 47.1 Å². The summed E-state index contributed by atoms with van der Waals surface area (Å²) in [5.74, 6) is 1.80. The average molecular weight is 439 g/mol. The van der Waals surface area contributed by atoms with Gasteiger partial charge in [-0.2, -0.15) is 4.80 Å². The lowest BCUT2D eigenvalue weighted by Gasteiger charge is -2.30. The highest BCUT2D eigenvalue weighted by Crippen LogP contribution is 2.22. The van der Waals surface area contributed by atoms with Gasteiger partial charge >= 0.3 is 0 Å². The highest BCUT2D eigenvalue weighted by molar-refractivity contribution is 5.92. The molecule has 32 heavy (non-hydrogen) atoms. The average Bonchev–Trinajstić information content (AvgIpc) is 3.37. The molecule has 1 saturated heterocycles. The number of aryl methyl sites for hydroxylation is 3. The molecule has 0 bridgehead atoms. The maximum atomic E-state index is 14.2.